The Morgan fingerprint density at radius 3 is 2.21 bits per heavy atom. The average Bonchev–Trinajstić information content (AvgIpc) is 2.70. The summed E-state index contributed by atoms with van der Waals surface area (Å²) in [6.07, 6.45) is 0.756. The Hall–Kier alpha value is -3.22. The quantitative estimate of drug-likeness (QED) is 0.432. The molecule has 0 atom stereocenters. The fraction of sp³-hybridized carbons (Fsp3) is 0.333. The van der Waals surface area contributed by atoms with Gasteiger partial charge in [0.25, 0.3) is 5.91 Å². The molecule has 0 aliphatic rings. The van der Waals surface area contributed by atoms with E-state index in [1.807, 2.05) is 62.4 Å². The molecule has 2 aromatic carbocycles. The number of anilines is 1. The molecule has 2 rings (SSSR count). The molecule has 0 radical (unpaired) electrons. The van der Waals surface area contributed by atoms with Gasteiger partial charge >= 0.3 is 0 Å². The summed E-state index contributed by atoms with van der Waals surface area (Å²) in [6, 6.07) is 15.1. The summed E-state index contributed by atoms with van der Waals surface area (Å²) < 4.78 is 11.1. The van der Waals surface area contributed by atoms with Crippen molar-refractivity contribution in [2.24, 2.45) is 0 Å². The lowest BCUT2D eigenvalue weighted by Gasteiger charge is -2.12. The van der Waals surface area contributed by atoms with E-state index < -0.39 is 0 Å². The van der Waals surface area contributed by atoms with Crippen LogP contribution in [0.3, 0.4) is 0 Å². The minimum absolute atomic E-state index is 0.0701. The van der Waals surface area contributed by atoms with E-state index in [9.17, 15) is 9.59 Å². The van der Waals surface area contributed by atoms with Crippen LogP contribution in [-0.2, 0) is 9.59 Å². The third kappa shape index (κ3) is 7.57. The monoisotopic (exact) mass is 385 g/mol. The van der Waals surface area contributed by atoms with Crippen LogP contribution in [0, 0.1) is 6.92 Å². The number of ether oxygens (including phenoxy) is 2. The lowest BCUT2D eigenvalue weighted by Crippen LogP contribution is -2.44. The molecule has 0 unspecified atom stereocenters. The van der Waals surface area contributed by atoms with Gasteiger partial charge in [-0.05, 0) is 44.5 Å². The zero-order chi connectivity index (χ0) is 20.2. The zero-order valence-corrected chi connectivity index (χ0v) is 16.3. The molecule has 0 heterocycles. The van der Waals surface area contributed by atoms with Crippen LogP contribution in [0.2, 0.25) is 0 Å². The van der Waals surface area contributed by atoms with Crippen molar-refractivity contribution in [1.29, 1.82) is 0 Å². The minimum atomic E-state index is -0.323. The molecule has 7 heteroatoms. The van der Waals surface area contributed by atoms with Gasteiger partial charge in [-0.25, -0.2) is 0 Å². The standard InChI is InChI=1S/C21H27N3O4/c1-3-27-18-7-4-5-8-19(18)28-14-6-9-20(25)23-24-21(26)15-22-17-12-10-16(2)11-13-17/h4-5,7-8,10-13,22H,3,6,9,14-15H2,1-2H3,(H,23,25)(H,24,26). The predicted molar refractivity (Wildman–Crippen MR) is 108 cm³/mol. The number of benzene rings is 2. The van der Waals surface area contributed by atoms with Gasteiger partial charge < -0.3 is 14.8 Å². The average molecular weight is 385 g/mol. The number of para-hydroxylation sites is 2. The van der Waals surface area contributed by atoms with Crippen LogP contribution in [0.4, 0.5) is 5.69 Å². The summed E-state index contributed by atoms with van der Waals surface area (Å²) in [6.45, 7) is 4.91. The number of hydrogen-bond donors (Lipinski definition) is 3. The molecule has 0 aliphatic carbocycles. The number of hydrogen-bond acceptors (Lipinski definition) is 5. The van der Waals surface area contributed by atoms with E-state index in [1.165, 1.54) is 0 Å². The van der Waals surface area contributed by atoms with Crippen LogP contribution < -0.4 is 25.6 Å². The molecule has 0 fully saturated rings. The summed E-state index contributed by atoms with van der Waals surface area (Å²) in [7, 11) is 0. The highest BCUT2D eigenvalue weighted by molar-refractivity contribution is 5.84. The first-order chi connectivity index (χ1) is 13.6. The molecule has 0 aliphatic heterocycles. The van der Waals surface area contributed by atoms with Gasteiger partial charge in [0.1, 0.15) is 0 Å². The molecule has 0 saturated heterocycles. The van der Waals surface area contributed by atoms with E-state index in [4.69, 9.17) is 9.47 Å². The SMILES string of the molecule is CCOc1ccccc1OCCCC(=O)NNC(=O)CNc1ccc(C)cc1. The van der Waals surface area contributed by atoms with Crippen molar-refractivity contribution in [2.45, 2.75) is 26.7 Å². The fourth-order valence-corrected chi connectivity index (χ4v) is 2.36. The molecule has 7 nitrogen and oxygen atoms in total. The zero-order valence-electron chi connectivity index (χ0n) is 16.3. The Labute approximate surface area is 165 Å². The van der Waals surface area contributed by atoms with Gasteiger partial charge in [0.2, 0.25) is 5.91 Å². The van der Waals surface area contributed by atoms with Crippen molar-refractivity contribution >= 4 is 17.5 Å². The Morgan fingerprint density at radius 1 is 0.893 bits per heavy atom. The molecule has 0 spiro atoms. The van der Waals surface area contributed by atoms with E-state index >= 15 is 0 Å². The normalized spacial score (nSPS) is 10.1. The van der Waals surface area contributed by atoms with Crippen molar-refractivity contribution in [3.05, 3.63) is 54.1 Å². The van der Waals surface area contributed by atoms with Crippen LogP contribution in [0.5, 0.6) is 11.5 Å². The highest BCUT2D eigenvalue weighted by atomic mass is 16.5. The second-order valence-corrected chi connectivity index (χ2v) is 6.15. The molecular weight excluding hydrogens is 358 g/mol. The van der Waals surface area contributed by atoms with E-state index in [2.05, 4.69) is 16.2 Å². The van der Waals surface area contributed by atoms with Crippen LogP contribution in [-0.4, -0.2) is 31.6 Å². The fourth-order valence-electron chi connectivity index (χ4n) is 2.36. The number of carbonyl (C=O) groups is 2. The summed E-state index contributed by atoms with van der Waals surface area (Å²) >= 11 is 0. The van der Waals surface area contributed by atoms with E-state index in [1.54, 1.807) is 0 Å². The van der Waals surface area contributed by atoms with Gasteiger partial charge in [-0.15, -0.1) is 0 Å². The van der Waals surface area contributed by atoms with E-state index in [0.29, 0.717) is 31.1 Å². The minimum Gasteiger partial charge on any atom is -0.490 e. The molecule has 3 N–H and O–H groups in total. The van der Waals surface area contributed by atoms with Gasteiger partial charge in [-0.2, -0.15) is 0 Å². The summed E-state index contributed by atoms with van der Waals surface area (Å²) in [5, 5.41) is 2.99. The maximum atomic E-state index is 11.8. The number of carbonyl (C=O) groups excluding carboxylic acids is 2. The van der Waals surface area contributed by atoms with E-state index in [0.717, 1.165) is 11.3 Å². The van der Waals surface area contributed by atoms with Crippen LogP contribution in [0.25, 0.3) is 0 Å². The Bertz CT molecular complexity index is 763. The summed E-state index contributed by atoms with van der Waals surface area (Å²) in [5.74, 6) is 0.740. The molecule has 2 amide bonds. The second-order valence-electron chi connectivity index (χ2n) is 6.15. The topological polar surface area (TPSA) is 88.7 Å². The number of aryl methyl sites for hydroxylation is 1. The van der Waals surface area contributed by atoms with Crippen molar-refractivity contribution in [2.75, 3.05) is 25.1 Å². The number of rotatable bonds is 10. The molecule has 0 aromatic heterocycles. The predicted octanol–water partition coefficient (Wildman–Crippen LogP) is 2.81. The largest absolute Gasteiger partial charge is 0.490 e. The highest BCUT2D eigenvalue weighted by Crippen LogP contribution is 2.26. The van der Waals surface area contributed by atoms with Crippen LogP contribution >= 0.6 is 0 Å². The van der Waals surface area contributed by atoms with Gasteiger partial charge in [0.05, 0.1) is 19.8 Å². The maximum absolute atomic E-state index is 11.8. The summed E-state index contributed by atoms with van der Waals surface area (Å²) in [5.41, 5.74) is 6.78. The van der Waals surface area contributed by atoms with Crippen molar-refractivity contribution < 1.29 is 19.1 Å². The van der Waals surface area contributed by atoms with Gasteiger partial charge in [0.15, 0.2) is 11.5 Å². The van der Waals surface area contributed by atoms with E-state index in [-0.39, 0.29) is 24.8 Å². The lowest BCUT2D eigenvalue weighted by atomic mass is 10.2. The van der Waals surface area contributed by atoms with Crippen LogP contribution in [0.1, 0.15) is 25.3 Å². The lowest BCUT2D eigenvalue weighted by molar-refractivity contribution is -0.128. The first kappa shape index (κ1) is 21.1. The number of nitrogens with one attached hydrogen (secondary N) is 3. The third-order valence-electron chi connectivity index (χ3n) is 3.80. The summed E-state index contributed by atoms with van der Waals surface area (Å²) in [4.78, 5) is 23.6. The number of hydrazine groups is 1. The first-order valence-corrected chi connectivity index (χ1v) is 9.31. The smallest absolute Gasteiger partial charge is 0.257 e. The van der Waals surface area contributed by atoms with Gasteiger partial charge in [-0.3, -0.25) is 20.4 Å². The highest BCUT2D eigenvalue weighted by Gasteiger charge is 2.06. The third-order valence-corrected chi connectivity index (χ3v) is 3.80. The first-order valence-electron chi connectivity index (χ1n) is 9.31. The molecular formula is C21H27N3O4. The van der Waals surface area contributed by atoms with Crippen molar-refractivity contribution in [3.8, 4) is 11.5 Å². The van der Waals surface area contributed by atoms with Crippen molar-refractivity contribution in [3.63, 3.8) is 0 Å². The van der Waals surface area contributed by atoms with Gasteiger partial charge in [0, 0.05) is 12.1 Å². The maximum Gasteiger partial charge on any atom is 0.257 e. The molecule has 0 bridgehead atoms. The Balaban J connectivity index is 1.59. The second kappa shape index (κ2) is 11.5. The van der Waals surface area contributed by atoms with Crippen LogP contribution in [0.15, 0.2) is 48.5 Å². The van der Waals surface area contributed by atoms with Crippen molar-refractivity contribution in [1.82, 2.24) is 10.9 Å². The van der Waals surface area contributed by atoms with Gasteiger partial charge in [-0.1, -0.05) is 29.8 Å². The molecule has 2 aromatic rings. The molecule has 0 saturated carbocycles. The Kier molecular flexibility index (Phi) is 8.65. The molecule has 28 heavy (non-hydrogen) atoms. The number of amides is 2. The Morgan fingerprint density at radius 2 is 1.54 bits per heavy atom. The molecule has 150 valence electrons.